The molecule has 0 aliphatic carbocycles. The molecule has 2 saturated heterocycles. The molecule has 3 heterocycles. The van der Waals surface area contributed by atoms with Gasteiger partial charge in [-0.2, -0.15) is 0 Å². The number of benzene rings is 2. The van der Waals surface area contributed by atoms with Gasteiger partial charge in [-0.3, -0.25) is 24.7 Å². The van der Waals surface area contributed by atoms with Crippen LogP contribution in [0.5, 0.6) is 0 Å². The second-order valence-corrected chi connectivity index (χ2v) is 11.3. The van der Waals surface area contributed by atoms with E-state index in [1.54, 1.807) is 28.3 Å². The summed E-state index contributed by atoms with van der Waals surface area (Å²) in [6, 6.07) is 10.7. The maximum atomic E-state index is 13.6. The molecular weight excluding hydrogens is 550 g/mol. The molecule has 2 aromatic carbocycles. The highest BCUT2D eigenvalue weighted by molar-refractivity contribution is 9.10. The molecule has 2 amide bonds. The van der Waals surface area contributed by atoms with Crippen LogP contribution in [0.4, 0.5) is 11.4 Å². The molecule has 38 heavy (non-hydrogen) atoms. The number of nitro benzene ring substituents is 1. The van der Waals surface area contributed by atoms with Gasteiger partial charge in [0.2, 0.25) is 0 Å². The monoisotopic (exact) mass is 579 g/mol. The number of fused-ring (bicyclic) bond motifs is 1. The summed E-state index contributed by atoms with van der Waals surface area (Å²) in [5, 5.41) is 17.2. The van der Waals surface area contributed by atoms with Crippen LogP contribution in [-0.2, 0) is 0 Å². The lowest BCUT2D eigenvalue weighted by molar-refractivity contribution is -0.384. The summed E-state index contributed by atoms with van der Waals surface area (Å²) in [7, 11) is 0. The third-order valence-electron chi connectivity index (χ3n) is 7.46. The number of nitrogens with zero attached hydrogens (tertiary/aromatic N) is 4. The fourth-order valence-corrected chi connectivity index (χ4v) is 6.02. The summed E-state index contributed by atoms with van der Waals surface area (Å²) in [5.74, 6) is -0.345. The Labute approximate surface area is 229 Å². The number of likely N-dealkylation sites (tertiary alicyclic amines) is 2. The number of aromatic nitrogens is 1. The van der Waals surface area contributed by atoms with E-state index in [-0.39, 0.29) is 28.8 Å². The van der Waals surface area contributed by atoms with Crippen molar-refractivity contribution in [3.05, 3.63) is 74.5 Å². The van der Waals surface area contributed by atoms with E-state index < -0.39 is 10.5 Å². The third-order valence-corrected chi connectivity index (χ3v) is 7.92. The van der Waals surface area contributed by atoms with Crippen LogP contribution in [0, 0.1) is 10.1 Å². The average Bonchev–Trinajstić information content (AvgIpc) is 2.93. The number of halogens is 1. The maximum Gasteiger partial charge on any atom is 0.294 e. The first kappa shape index (κ1) is 26.1. The standard InChI is InChI=1S/C28H30BrN5O4/c1-28(10-7-13-33(18-28)27(36)23-17-30-16-19-8-3-4-9-21(19)23)31-25-22(14-20(29)15-24(25)34(37)38)26(35)32-11-5-2-6-12-32/h3-4,8-9,14-17,31H,2,5-7,10-13,18H2,1H3. The highest BCUT2D eigenvalue weighted by atomic mass is 79.9. The molecule has 0 spiro atoms. The van der Waals surface area contributed by atoms with Crippen LogP contribution < -0.4 is 5.32 Å². The Morgan fingerprint density at radius 1 is 1.00 bits per heavy atom. The van der Waals surface area contributed by atoms with Gasteiger partial charge in [-0.25, -0.2) is 0 Å². The molecule has 2 aliphatic heterocycles. The predicted octanol–water partition coefficient (Wildman–Crippen LogP) is 5.64. The van der Waals surface area contributed by atoms with Crippen molar-refractivity contribution in [2.45, 2.75) is 44.6 Å². The van der Waals surface area contributed by atoms with Gasteiger partial charge < -0.3 is 15.1 Å². The van der Waals surface area contributed by atoms with Crippen LogP contribution >= 0.6 is 15.9 Å². The lowest BCUT2D eigenvalue weighted by Gasteiger charge is -2.42. The molecule has 1 unspecified atom stereocenters. The molecule has 0 radical (unpaired) electrons. The molecule has 0 bridgehead atoms. The van der Waals surface area contributed by atoms with E-state index in [9.17, 15) is 19.7 Å². The number of amides is 2. The fourth-order valence-electron chi connectivity index (χ4n) is 5.58. The van der Waals surface area contributed by atoms with Crippen molar-refractivity contribution in [2.75, 3.05) is 31.5 Å². The molecule has 1 atom stereocenters. The minimum atomic E-state index is -0.679. The van der Waals surface area contributed by atoms with E-state index in [0.29, 0.717) is 49.1 Å². The zero-order valence-corrected chi connectivity index (χ0v) is 22.9. The van der Waals surface area contributed by atoms with Gasteiger partial charge in [0.05, 0.1) is 21.6 Å². The van der Waals surface area contributed by atoms with Gasteiger partial charge in [0.15, 0.2) is 0 Å². The highest BCUT2D eigenvalue weighted by Crippen LogP contribution is 2.38. The Morgan fingerprint density at radius 3 is 2.47 bits per heavy atom. The topological polar surface area (TPSA) is 109 Å². The Morgan fingerprint density at radius 2 is 1.71 bits per heavy atom. The molecule has 2 fully saturated rings. The van der Waals surface area contributed by atoms with Crippen LogP contribution in [0.15, 0.2) is 53.3 Å². The second kappa shape index (κ2) is 10.7. The van der Waals surface area contributed by atoms with E-state index in [4.69, 9.17) is 0 Å². The molecule has 3 aromatic rings. The van der Waals surface area contributed by atoms with Crippen LogP contribution in [0.3, 0.4) is 0 Å². The Bertz CT molecular complexity index is 1400. The normalized spacial score (nSPS) is 19.8. The van der Waals surface area contributed by atoms with Crippen molar-refractivity contribution in [1.82, 2.24) is 14.8 Å². The molecule has 10 heteroatoms. The number of nitro groups is 1. The number of nitrogens with one attached hydrogen (secondary N) is 1. The van der Waals surface area contributed by atoms with Crippen molar-refractivity contribution in [1.29, 1.82) is 0 Å². The largest absolute Gasteiger partial charge is 0.372 e. The zero-order valence-electron chi connectivity index (χ0n) is 21.3. The number of carbonyl (C=O) groups excluding carboxylic acids is 2. The number of hydrogen-bond acceptors (Lipinski definition) is 6. The minimum absolute atomic E-state index is 0.128. The maximum absolute atomic E-state index is 13.6. The lowest BCUT2D eigenvalue weighted by atomic mass is 9.89. The van der Waals surface area contributed by atoms with Gasteiger partial charge in [-0.15, -0.1) is 0 Å². The van der Waals surface area contributed by atoms with Gasteiger partial charge in [-0.1, -0.05) is 40.2 Å². The Hall–Kier alpha value is -3.53. The number of hydrogen-bond donors (Lipinski definition) is 1. The Kier molecular flexibility index (Phi) is 7.34. The minimum Gasteiger partial charge on any atom is -0.372 e. The summed E-state index contributed by atoms with van der Waals surface area (Å²) in [6.07, 6.45) is 7.65. The fraction of sp³-hybridized carbons (Fsp3) is 0.393. The van der Waals surface area contributed by atoms with Crippen molar-refractivity contribution >= 4 is 49.9 Å². The first-order chi connectivity index (χ1) is 18.3. The number of piperidine rings is 2. The van der Waals surface area contributed by atoms with E-state index in [1.165, 1.54) is 6.07 Å². The second-order valence-electron chi connectivity index (χ2n) is 10.4. The summed E-state index contributed by atoms with van der Waals surface area (Å²) < 4.78 is 0.476. The van der Waals surface area contributed by atoms with Gasteiger partial charge in [0.1, 0.15) is 5.69 Å². The summed E-state index contributed by atoms with van der Waals surface area (Å²) in [4.78, 5) is 46.6. The van der Waals surface area contributed by atoms with Gasteiger partial charge in [0.25, 0.3) is 17.5 Å². The number of rotatable bonds is 5. The van der Waals surface area contributed by atoms with Gasteiger partial charge >= 0.3 is 0 Å². The molecule has 5 rings (SSSR count). The number of carbonyl (C=O) groups is 2. The summed E-state index contributed by atoms with van der Waals surface area (Å²) in [5.41, 5.74) is 0.167. The molecule has 1 aromatic heterocycles. The Balaban J connectivity index is 1.46. The van der Waals surface area contributed by atoms with Crippen molar-refractivity contribution in [3.8, 4) is 0 Å². The quantitative estimate of drug-likeness (QED) is 0.309. The summed E-state index contributed by atoms with van der Waals surface area (Å²) >= 11 is 3.36. The zero-order chi connectivity index (χ0) is 26.9. The SMILES string of the molecule is CC1(Nc2c(C(=O)N3CCCCC3)cc(Br)cc2[N+](=O)[O-])CCCN(C(=O)c2cncc3ccccc23)C1. The van der Waals surface area contributed by atoms with E-state index in [1.807, 2.05) is 31.2 Å². The van der Waals surface area contributed by atoms with Crippen LogP contribution in [-0.4, -0.2) is 63.2 Å². The van der Waals surface area contributed by atoms with Crippen molar-refractivity contribution in [2.24, 2.45) is 0 Å². The van der Waals surface area contributed by atoms with E-state index in [0.717, 1.165) is 30.0 Å². The number of pyridine rings is 1. The first-order valence-electron chi connectivity index (χ1n) is 12.9. The highest BCUT2D eigenvalue weighted by Gasteiger charge is 2.37. The number of anilines is 1. The lowest BCUT2D eigenvalue weighted by Crippen LogP contribution is -2.53. The van der Waals surface area contributed by atoms with Crippen LogP contribution in [0.2, 0.25) is 0 Å². The molecule has 0 saturated carbocycles. The van der Waals surface area contributed by atoms with Crippen LogP contribution in [0.1, 0.15) is 59.7 Å². The van der Waals surface area contributed by atoms with E-state index >= 15 is 0 Å². The van der Waals surface area contributed by atoms with Gasteiger partial charge in [-0.05, 0) is 50.5 Å². The van der Waals surface area contributed by atoms with E-state index in [2.05, 4.69) is 26.2 Å². The molecule has 198 valence electrons. The smallest absolute Gasteiger partial charge is 0.294 e. The third kappa shape index (κ3) is 5.22. The van der Waals surface area contributed by atoms with Crippen molar-refractivity contribution < 1.29 is 14.5 Å². The molecular formula is C28H30BrN5O4. The predicted molar refractivity (Wildman–Crippen MR) is 149 cm³/mol. The average molecular weight is 580 g/mol. The van der Waals surface area contributed by atoms with Crippen LogP contribution in [0.25, 0.3) is 10.8 Å². The first-order valence-corrected chi connectivity index (χ1v) is 13.7. The van der Waals surface area contributed by atoms with Gasteiger partial charge in [0, 0.05) is 54.5 Å². The molecule has 1 N–H and O–H groups in total. The molecule has 9 nitrogen and oxygen atoms in total. The molecule has 2 aliphatic rings. The van der Waals surface area contributed by atoms with Crippen molar-refractivity contribution in [3.63, 3.8) is 0 Å². The summed E-state index contributed by atoms with van der Waals surface area (Å²) in [6.45, 7) is 4.13.